The molecule has 8 heteroatoms. The summed E-state index contributed by atoms with van der Waals surface area (Å²) in [6.07, 6.45) is 2.63. The van der Waals surface area contributed by atoms with Crippen molar-refractivity contribution in [1.29, 1.82) is 0 Å². The van der Waals surface area contributed by atoms with Crippen LogP contribution in [0.3, 0.4) is 0 Å². The Morgan fingerprint density at radius 2 is 1.85 bits per heavy atom. The van der Waals surface area contributed by atoms with Gasteiger partial charge in [-0.3, -0.25) is 9.10 Å². The highest BCUT2D eigenvalue weighted by Crippen LogP contribution is 2.30. The van der Waals surface area contributed by atoms with E-state index in [9.17, 15) is 13.2 Å². The maximum absolute atomic E-state index is 12.4. The number of fused-ring (bicyclic) bond motifs is 1. The molecule has 0 atom stereocenters. The molecule has 0 saturated heterocycles. The molecule has 0 aromatic heterocycles. The molecule has 0 spiro atoms. The molecule has 0 bridgehead atoms. The van der Waals surface area contributed by atoms with Gasteiger partial charge in [0.25, 0.3) is 0 Å². The van der Waals surface area contributed by atoms with Gasteiger partial charge in [-0.25, -0.2) is 8.42 Å². The molecule has 0 saturated carbocycles. The number of nitrogens with zero attached hydrogens (tertiary/aromatic N) is 1. The summed E-state index contributed by atoms with van der Waals surface area (Å²) in [5.74, 6) is 0.206. The molecular formula is C18H17Cl2NO4S. The van der Waals surface area contributed by atoms with E-state index in [1.807, 2.05) is 0 Å². The standard InChI is InChI=1S/C18H17Cl2NO4S/c1-26(23,24)21-6-2-3-12-7-13(4-5-17(12)21)18(22)11-25-16-9-14(19)8-15(20)10-16/h4-5,7-10H,2-3,6,11H2,1H3. The molecule has 1 heterocycles. The van der Waals surface area contributed by atoms with E-state index in [1.54, 1.807) is 36.4 Å². The van der Waals surface area contributed by atoms with Crippen LogP contribution in [0.2, 0.25) is 10.0 Å². The Morgan fingerprint density at radius 3 is 2.50 bits per heavy atom. The van der Waals surface area contributed by atoms with Crippen LogP contribution in [0.5, 0.6) is 5.75 Å². The molecule has 0 unspecified atom stereocenters. The second kappa shape index (κ2) is 7.47. The fourth-order valence-corrected chi connectivity index (χ4v) is 4.43. The number of carbonyl (C=O) groups excluding carboxylic acids is 1. The highest BCUT2D eigenvalue weighted by atomic mass is 35.5. The zero-order valence-corrected chi connectivity index (χ0v) is 16.4. The SMILES string of the molecule is CS(=O)(=O)N1CCCc2cc(C(=O)COc3cc(Cl)cc(Cl)c3)ccc21. The number of Topliss-reactive ketones (excluding diaryl/α,β-unsaturated/α-hetero) is 1. The summed E-state index contributed by atoms with van der Waals surface area (Å²) < 4.78 is 30.7. The van der Waals surface area contributed by atoms with Gasteiger partial charge in [0.15, 0.2) is 12.4 Å². The van der Waals surface area contributed by atoms with Gasteiger partial charge in [-0.2, -0.15) is 0 Å². The van der Waals surface area contributed by atoms with Crippen molar-refractivity contribution in [2.45, 2.75) is 12.8 Å². The molecular weight excluding hydrogens is 397 g/mol. The van der Waals surface area contributed by atoms with Crippen molar-refractivity contribution >= 4 is 44.7 Å². The lowest BCUT2D eigenvalue weighted by Crippen LogP contribution is -2.34. The van der Waals surface area contributed by atoms with Gasteiger partial charge < -0.3 is 4.74 Å². The van der Waals surface area contributed by atoms with Crippen molar-refractivity contribution in [3.63, 3.8) is 0 Å². The lowest BCUT2D eigenvalue weighted by Gasteiger charge is -2.29. The van der Waals surface area contributed by atoms with E-state index in [0.29, 0.717) is 33.6 Å². The van der Waals surface area contributed by atoms with Crippen molar-refractivity contribution < 1.29 is 17.9 Å². The topological polar surface area (TPSA) is 63.7 Å². The van der Waals surface area contributed by atoms with Crippen LogP contribution in [0.4, 0.5) is 5.69 Å². The molecule has 3 rings (SSSR count). The van der Waals surface area contributed by atoms with Gasteiger partial charge in [-0.15, -0.1) is 0 Å². The second-order valence-electron chi connectivity index (χ2n) is 6.10. The molecule has 26 heavy (non-hydrogen) atoms. The smallest absolute Gasteiger partial charge is 0.232 e. The van der Waals surface area contributed by atoms with E-state index in [1.165, 1.54) is 10.6 Å². The van der Waals surface area contributed by atoms with Gasteiger partial charge in [0.05, 0.1) is 11.9 Å². The number of halogens is 2. The van der Waals surface area contributed by atoms with E-state index >= 15 is 0 Å². The molecule has 0 radical (unpaired) electrons. The van der Waals surface area contributed by atoms with Gasteiger partial charge >= 0.3 is 0 Å². The Kier molecular flexibility index (Phi) is 5.46. The molecule has 1 aliphatic heterocycles. The number of anilines is 1. The Balaban J connectivity index is 1.76. The Morgan fingerprint density at radius 1 is 1.15 bits per heavy atom. The van der Waals surface area contributed by atoms with Crippen molar-refractivity contribution in [2.75, 3.05) is 23.7 Å². The summed E-state index contributed by atoms with van der Waals surface area (Å²) in [6.45, 7) is 0.295. The predicted molar refractivity (Wildman–Crippen MR) is 103 cm³/mol. The summed E-state index contributed by atoms with van der Waals surface area (Å²) >= 11 is 11.8. The number of rotatable bonds is 5. The molecule has 0 aliphatic carbocycles. The number of benzene rings is 2. The minimum absolute atomic E-state index is 0.161. The van der Waals surface area contributed by atoms with E-state index in [0.717, 1.165) is 18.4 Å². The molecule has 0 N–H and O–H groups in total. The van der Waals surface area contributed by atoms with Crippen LogP contribution >= 0.6 is 23.2 Å². The zero-order valence-electron chi connectivity index (χ0n) is 14.0. The van der Waals surface area contributed by atoms with Crippen LogP contribution in [0.25, 0.3) is 0 Å². The number of ketones is 1. The molecule has 0 fully saturated rings. The summed E-state index contributed by atoms with van der Waals surface area (Å²) in [4.78, 5) is 12.4. The Labute approximate surface area is 162 Å². The van der Waals surface area contributed by atoms with Crippen LogP contribution in [0.15, 0.2) is 36.4 Å². The monoisotopic (exact) mass is 413 g/mol. The lowest BCUT2D eigenvalue weighted by molar-refractivity contribution is 0.0921. The van der Waals surface area contributed by atoms with Gasteiger partial charge in [0, 0.05) is 22.2 Å². The maximum Gasteiger partial charge on any atom is 0.232 e. The molecule has 2 aromatic carbocycles. The largest absolute Gasteiger partial charge is 0.485 e. The fourth-order valence-electron chi connectivity index (χ4n) is 2.92. The van der Waals surface area contributed by atoms with Crippen LogP contribution in [-0.4, -0.2) is 33.6 Å². The van der Waals surface area contributed by atoms with Crippen LogP contribution in [0.1, 0.15) is 22.3 Å². The van der Waals surface area contributed by atoms with E-state index in [-0.39, 0.29) is 12.4 Å². The number of ether oxygens (including phenoxy) is 1. The van der Waals surface area contributed by atoms with E-state index in [2.05, 4.69) is 0 Å². The summed E-state index contributed by atoms with van der Waals surface area (Å²) in [5.41, 5.74) is 1.96. The van der Waals surface area contributed by atoms with E-state index in [4.69, 9.17) is 27.9 Å². The lowest BCUT2D eigenvalue weighted by atomic mass is 9.99. The maximum atomic E-state index is 12.4. The summed E-state index contributed by atoms with van der Waals surface area (Å²) in [7, 11) is -3.33. The normalized spacial score (nSPS) is 14.0. The van der Waals surface area contributed by atoms with Gasteiger partial charge in [-0.05, 0) is 54.8 Å². The van der Waals surface area contributed by atoms with Crippen molar-refractivity contribution in [1.82, 2.24) is 0 Å². The first-order valence-electron chi connectivity index (χ1n) is 7.97. The average Bonchev–Trinajstić information content (AvgIpc) is 2.57. The minimum Gasteiger partial charge on any atom is -0.485 e. The summed E-state index contributed by atoms with van der Waals surface area (Å²) in [6, 6.07) is 9.78. The van der Waals surface area contributed by atoms with Gasteiger partial charge in [0.2, 0.25) is 10.0 Å². The predicted octanol–water partition coefficient (Wildman–Crippen LogP) is 3.97. The molecule has 0 amide bonds. The second-order valence-corrected chi connectivity index (χ2v) is 8.88. The first-order valence-corrected chi connectivity index (χ1v) is 10.6. The van der Waals surface area contributed by atoms with Crippen molar-refractivity contribution in [3.05, 3.63) is 57.6 Å². The fraction of sp³-hybridized carbons (Fsp3) is 0.278. The Bertz CT molecular complexity index is 939. The number of carbonyl (C=O) groups is 1. The van der Waals surface area contributed by atoms with Crippen molar-refractivity contribution in [2.24, 2.45) is 0 Å². The van der Waals surface area contributed by atoms with E-state index < -0.39 is 10.0 Å². The van der Waals surface area contributed by atoms with Gasteiger partial charge in [0.1, 0.15) is 5.75 Å². The third kappa shape index (κ3) is 4.31. The molecule has 2 aromatic rings. The first kappa shape index (κ1) is 19.0. The third-order valence-electron chi connectivity index (χ3n) is 4.08. The highest BCUT2D eigenvalue weighted by Gasteiger charge is 2.24. The average molecular weight is 414 g/mol. The summed E-state index contributed by atoms with van der Waals surface area (Å²) in [5, 5.41) is 0.851. The molecule has 138 valence electrons. The quantitative estimate of drug-likeness (QED) is 0.695. The van der Waals surface area contributed by atoms with Crippen LogP contribution in [0, 0.1) is 0 Å². The Hall–Kier alpha value is -1.76. The number of sulfonamides is 1. The number of hydrogen-bond acceptors (Lipinski definition) is 4. The first-order chi connectivity index (χ1) is 12.2. The number of aryl methyl sites for hydroxylation is 1. The molecule has 1 aliphatic rings. The highest BCUT2D eigenvalue weighted by molar-refractivity contribution is 7.92. The third-order valence-corrected chi connectivity index (χ3v) is 5.70. The minimum atomic E-state index is -3.33. The number of hydrogen-bond donors (Lipinski definition) is 0. The zero-order chi connectivity index (χ0) is 18.9. The molecule has 5 nitrogen and oxygen atoms in total. The van der Waals surface area contributed by atoms with Gasteiger partial charge in [-0.1, -0.05) is 23.2 Å². The van der Waals surface area contributed by atoms with Crippen LogP contribution < -0.4 is 9.04 Å². The van der Waals surface area contributed by atoms with Crippen molar-refractivity contribution in [3.8, 4) is 5.75 Å². The van der Waals surface area contributed by atoms with Crippen LogP contribution in [-0.2, 0) is 16.4 Å².